The third-order valence-electron chi connectivity index (χ3n) is 3.81. The molecule has 1 aromatic heterocycles. The molecule has 1 N–H and O–H groups in total. The van der Waals surface area contributed by atoms with Crippen molar-refractivity contribution in [2.45, 2.75) is 31.8 Å². The average Bonchev–Trinajstić information content (AvgIpc) is 2.97. The maximum atomic E-state index is 11.3. The maximum absolute atomic E-state index is 11.3. The lowest BCUT2D eigenvalue weighted by atomic mass is 10.0. The summed E-state index contributed by atoms with van der Waals surface area (Å²) in [7, 11) is 0. The Kier molecular flexibility index (Phi) is 5.98. The third kappa shape index (κ3) is 4.22. The van der Waals surface area contributed by atoms with Crippen LogP contribution in [0.15, 0.2) is 28.8 Å². The van der Waals surface area contributed by atoms with E-state index in [2.05, 4.69) is 10.1 Å². The van der Waals surface area contributed by atoms with Crippen molar-refractivity contribution in [1.82, 2.24) is 15.0 Å². The molecule has 2 heterocycles. The van der Waals surface area contributed by atoms with Crippen molar-refractivity contribution in [3.63, 3.8) is 0 Å². The first kappa shape index (κ1) is 17.7. The van der Waals surface area contributed by atoms with E-state index in [0.717, 1.165) is 24.9 Å². The van der Waals surface area contributed by atoms with Gasteiger partial charge in [0.2, 0.25) is 11.7 Å². The minimum absolute atomic E-state index is 0. The smallest absolute Gasteiger partial charge is 0.320 e. The molecule has 124 valence electrons. The van der Waals surface area contributed by atoms with Crippen LogP contribution in [0.3, 0.4) is 0 Å². The normalized spacial score (nSPS) is 18.4. The zero-order valence-corrected chi connectivity index (χ0v) is 13.9. The SMILES string of the molecule is Cl.O=C(O)C1CCCCN1Cc1nc(-c2ccc(Cl)cc2)no1. The molecule has 1 saturated heterocycles. The van der Waals surface area contributed by atoms with Crippen LogP contribution in [0.1, 0.15) is 25.2 Å². The van der Waals surface area contributed by atoms with E-state index >= 15 is 0 Å². The lowest BCUT2D eigenvalue weighted by Crippen LogP contribution is -2.44. The Bertz CT molecular complexity index is 660. The van der Waals surface area contributed by atoms with E-state index < -0.39 is 12.0 Å². The topological polar surface area (TPSA) is 79.5 Å². The molecular weight excluding hydrogens is 341 g/mol. The molecule has 0 radical (unpaired) electrons. The molecule has 0 spiro atoms. The van der Waals surface area contributed by atoms with Gasteiger partial charge in [-0.2, -0.15) is 4.98 Å². The van der Waals surface area contributed by atoms with Crippen molar-refractivity contribution < 1.29 is 14.4 Å². The van der Waals surface area contributed by atoms with Crippen LogP contribution < -0.4 is 0 Å². The summed E-state index contributed by atoms with van der Waals surface area (Å²) in [5.41, 5.74) is 0.813. The molecule has 2 aromatic rings. The monoisotopic (exact) mass is 357 g/mol. The molecule has 0 amide bonds. The minimum Gasteiger partial charge on any atom is -0.480 e. The summed E-state index contributed by atoms with van der Waals surface area (Å²) < 4.78 is 5.25. The highest BCUT2D eigenvalue weighted by Gasteiger charge is 2.29. The van der Waals surface area contributed by atoms with Crippen LogP contribution in [0.25, 0.3) is 11.4 Å². The van der Waals surface area contributed by atoms with E-state index in [1.807, 2.05) is 17.0 Å². The number of piperidine rings is 1. The zero-order chi connectivity index (χ0) is 15.5. The summed E-state index contributed by atoms with van der Waals surface area (Å²) in [5, 5.41) is 13.9. The number of halogens is 2. The average molecular weight is 358 g/mol. The number of hydrogen-bond acceptors (Lipinski definition) is 5. The van der Waals surface area contributed by atoms with E-state index in [-0.39, 0.29) is 12.4 Å². The molecule has 1 aromatic carbocycles. The zero-order valence-electron chi connectivity index (χ0n) is 12.3. The number of hydrogen-bond donors (Lipinski definition) is 1. The number of likely N-dealkylation sites (tertiary alicyclic amines) is 1. The van der Waals surface area contributed by atoms with Gasteiger partial charge in [-0.1, -0.05) is 23.2 Å². The second-order valence-electron chi connectivity index (χ2n) is 5.34. The molecule has 3 rings (SSSR count). The first-order chi connectivity index (χ1) is 10.6. The molecule has 0 bridgehead atoms. The molecule has 0 saturated carbocycles. The van der Waals surface area contributed by atoms with Crippen molar-refractivity contribution in [3.05, 3.63) is 35.2 Å². The van der Waals surface area contributed by atoms with Gasteiger partial charge in [0.1, 0.15) is 6.04 Å². The largest absolute Gasteiger partial charge is 0.480 e. The van der Waals surface area contributed by atoms with E-state index in [1.54, 1.807) is 12.1 Å². The molecule has 23 heavy (non-hydrogen) atoms. The standard InChI is InChI=1S/C15H16ClN3O3.ClH/c16-11-6-4-10(5-7-11)14-17-13(22-18-14)9-19-8-2-1-3-12(19)15(20)21;/h4-7,12H,1-3,8-9H2,(H,20,21);1H. The van der Waals surface area contributed by atoms with Crippen LogP contribution in [-0.2, 0) is 11.3 Å². The van der Waals surface area contributed by atoms with Crippen molar-refractivity contribution in [1.29, 1.82) is 0 Å². The van der Waals surface area contributed by atoms with Gasteiger partial charge in [-0.05, 0) is 43.7 Å². The molecule has 6 nitrogen and oxygen atoms in total. The van der Waals surface area contributed by atoms with Gasteiger partial charge in [-0.25, -0.2) is 0 Å². The van der Waals surface area contributed by atoms with Gasteiger partial charge in [-0.3, -0.25) is 9.69 Å². The lowest BCUT2D eigenvalue weighted by molar-refractivity contribution is -0.145. The maximum Gasteiger partial charge on any atom is 0.320 e. The van der Waals surface area contributed by atoms with Gasteiger partial charge >= 0.3 is 5.97 Å². The summed E-state index contributed by atoms with van der Waals surface area (Å²) >= 11 is 5.85. The quantitative estimate of drug-likeness (QED) is 0.904. The highest BCUT2D eigenvalue weighted by molar-refractivity contribution is 6.30. The number of benzene rings is 1. The molecule has 1 aliphatic heterocycles. The summed E-state index contributed by atoms with van der Waals surface area (Å²) in [6.07, 6.45) is 2.59. The van der Waals surface area contributed by atoms with E-state index in [1.165, 1.54) is 0 Å². The first-order valence-electron chi connectivity index (χ1n) is 7.19. The van der Waals surface area contributed by atoms with E-state index in [4.69, 9.17) is 16.1 Å². The van der Waals surface area contributed by atoms with Crippen molar-refractivity contribution in [2.75, 3.05) is 6.54 Å². The van der Waals surface area contributed by atoms with Gasteiger partial charge in [-0.15, -0.1) is 12.4 Å². The van der Waals surface area contributed by atoms with Crippen LogP contribution in [0.5, 0.6) is 0 Å². The highest BCUT2D eigenvalue weighted by atomic mass is 35.5. The van der Waals surface area contributed by atoms with Crippen molar-refractivity contribution in [2.24, 2.45) is 0 Å². The second kappa shape index (κ2) is 7.77. The molecule has 1 unspecified atom stereocenters. The number of aliphatic carboxylic acids is 1. The van der Waals surface area contributed by atoms with Gasteiger partial charge in [0.05, 0.1) is 6.54 Å². The molecule has 1 fully saturated rings. The van der Waals surface area contributed by atoms with Crippen molar-refractivity contribution in [3.8, 4) is 11.4 Å². The van der Waals surface area contributed by atoms with E-state index in [9.17, 15) is 9.90 Å². The van der Waals surface area contributed by atoms with Crippen LogP contribution in [0, 0.1) is 0 Å². The van der Waals surface area contributed by atoms with Crippen molar-refractivity contribution >= 4 is 30.0 Å². The Morgan fingerprint density at radius 2 is 2.09 bits per heavy atom. The number of aromatic nitrogens is 2. The van der Waals surface area contributed by atoms with Gasteiger partial charge in [0.25, 0.3) is 0 Å². The Morgan fingerprint density at radius 3 is 2.78 bits per heavy atom. The van der Waals surface area contributed by atoms with Gasteiger partial charge in [0.15, 0.2) is 0 Å². The van der Waals surface area contributed by atoms with E-state index in [0.29, 0.717) is 29.7 Å². The van der Waals surface area contributed by atoms with Gasteiger partial charge < -0.3 is 9.63 Å². The number of carboxylic acid groups (broad SMARTS) is 1. The molecule has 0 aliphatic carbocycles. The molecule has 8 heteroatoms. The van der Waals surface area contributed by atoms with Gasteiger partial charge in [0, 0.05) is 10.6 Å². The number of nitrogens with zero attached hydrogens (tertiary/aromatic N) is 3. The Morgan fingerprint density at radius 1 is 1.35 bits per heavy atom. The third-order valence-corrected chi connectivity index (χ3v) is 4.06. The molecule has 1 aliphatic rings. The number of carboxylic acids is 1. The second-order valence-corrected chi connectivity index (χ2v) is 5.78. The molecule has 1 atom stereocenters. The summed E-state index contributed by atoms with van der Waals surface area (Å²) in [4.78, 5) is 17.5. The number of rotatable bonds is 4. The lowest BCUT2D eigenvalue weighted by Gasteiger charge is -2.31. The fourth-order valence-electron chi connectivity index (χ4n) is 2.67. The Labute approximate surface area is 144 Å². The van der Waals surface area contributed by atoms with Crippen LogP contribution >= 0.6 is 24.0 Å². The molecular formula is C15H17Cl2N3O3. The predicted molar refractivity (Wildman–Crippen MR) is 87.7 cm³/mol. The van der Waals surface area contributed by atoms with Crippen LogP contribution in [-0.4, -0.2) is 38.7 Å². The minimum atomic E-state index is -0.794. The predicted octanol–water partition coefficient (Wildman–Crippen LogP) is 3.25. The Balaban J connectivity index is 0.00000192. The summed E-state index contributed by atoms with van der Waals surface area (Å²) in [6.45, 7) is 1.09. The fraction of sp³-hybridized carbons (Fsp3) is 0.400. The fourth-order valence-corrected chi connectivity index (χ4v) is 2.79. The first-order valence-corrected chi connectivity index (χ1v) is 7.56. The van der Waals surface area contributed by atoms with Crippen LogP contribution in [0.4, 0.5) is 0 Å². The highest BCUT2D eigenvalue weighted by Crippen LogP contribution is 2.22. The number of carbonyl (C=O) groups is 1. The summed E-state index contributed by atoms with van der Waals surface area (Å²) in [6, 6.07) is 6.69. The van der Waals surface area contributed by atoms with Crippen LogP contribution in [0.2, 0.25) is 5.02 Å². The summed E-state index contributed by atoms with van der Waals surface area (Å²) in [5.74, 6) is 0.116. The Hall–Kier alpha value is -1.63.